The van der Waals surface area contributed by atoms with Gasteiger partial charge in [-0.2, -0.15) is 0 Å². The van der Waals surface area contributed by atoms with Gasteiger partial charge in [0.05, 0.1) is 23.2 Å². The molecule has 0 N–H and O–H groups in total. The van der Waals surface area contributed by atoms with Crippen LogP contribution in [0.25, 0.3) is 0 Å². The van der Waals surface area contributed by atoms with Crippen molar-refractivity contribution >= 4 is 23.3 Å². The molecule has 1 aromatic carbocycles. The van der Waals surface area contributed by atoms with Crippen LogP contribution in [-0.4, -0.2) is 47.4 Å². The zero-order chi connectivity index (χ0) is 20.4. The Labute approximate surface area is 161 Å². The molecule has 28 heavy (non-hydrogen) atoms. The summed E-state index contributed by atoms with van der Waals surface area (Å²) in [6.45, 7) is 7.15. The Bertz CT molecular complexity index is 861. The quantitative estimate of drug-likeness (QED) is 0.310. The molecule has 9 nitrogen and oxygen atoms in total. The molecule has 0 saturated carbocycles. The van der Waals surface area contributed by atoms with Gasteiger partial charge in [-0.05, 0) is 25.5 Å². The van der Waals surface area contributed by atoms with Crippen molar-refractivity contribution in [3.05, 3.63) is 33.9 Å². The second kappa shape index (κ2) is 5.91. The molecule has 0 amide bonds. The number of rotatable bonds is 1. The molecule has 1 spiro atoms. The first kappa shape index (κ1) is 18.7. The number of nitro groups is 1. The number of nitro benzene ring substituents is 1. The summed E-state index contributed by atoms with van der Waals surface area (Å²) >= 11 is 0. The van der Waals surface area contributed by atoms with Gasteiger partial charge in [0.25, 0.3) is 11.5 Å². The van der Waals surface area contributed by atoms with Gasteiger partial charge >= 0.3 is 11.9 Å². The van der Waals surface area contributed by atoms with Crippen LogP contribution < -0.4 is 4.90 Å². The first-order valence-corrected chi connectivity index (χ1v) is 9.21. The standard InChI is InChI=1S/C19H22N2O7/c1-10-9-20-14-6-5-13(21(24)25)7-12(14)8-19(15(20)11(2)26-10)16(22)27-18(3,4)28-17(19)23/h5-7,10-11,15H,8-9H2,1-4H3/t10-,11-,15-/m0/s1. The van der Waals surface area contributed by atoms with Gasteiger partial charge in [0.2, 0.25) is 0 Å². The first-order valence-electron chi connectivity index (χ1n) is 9.21. The van der Waals surface area contributed by atoms with Gasteiger partial charge in [-0.25, -0.2) is 0 Å². The molecule has 0 bridgehead atoms. The molecule has 150 valence electrons. The maximum atomic E-state index is 13.2. The van der Waals surface area contributed by atoms with E-state index in [0.717, 1.165) is 5.69 Å². The lowest BCUT2D eigenvalue weighted by Gasteiger charge is -2.55. The minimum atomic E-state index is -1.64. The monoisotopic (exact) mass is 390 g/mol. The SMILES string of the molecule is C[C@@H]1O[C@@H](C)CN2c3ccc([N+](=O)[O-])cc3CC3(C(=O)OC(C)(C)OC3=O)[C@H]12. The topological polar surface area (TPSA) is 108 Å². The molecule has 2 saturated heterocycles. The minimum absolute atomic E-state index is 0.0407. The summed E-state index contributed by atoms with van der Waals surface area (Å²) in [6.07, 6.45) is -0.633. The van der Waals surface area contributed by atoms with Gasteiger partial charge in [0.15, 0.2) is 5.41 Å². The van der Waals surface area contributed by atoms with E-state index in [1.807, 2.05) is 18.7 Å². The number of nitrogens with zero attached hydrogens (tertiary/aromatic N) is 2. The van der Waals surface area contributed by atoms with Gasteiger partial charge in [0, 0.05) is 44.6 Å². The number of anilines is 1. The fraction of sp³-hybridized carbons (Fsp3) is 0.579. The van der Waals surface area contributed by atoms with Crippen molar-refractivity contribution in [1.82, 2.24) is 0 Å². The zero-order valence-electron chi connectivity index (χ0n) is 16.1. The van der Waals surface area contributed by atoms with E-state index in [-0.39, 0.29) is 18.2 Å². The molecule has 2 fully saturated rings. The van der Waals surface area contributed by atoms with Crippen LogP contribution in [0, 0.1) is 15.5 Å². The predicted molar refractivity (Wildman–Crippen MR) is 96.6 cm³/mol. The smallest absolute Gasteiger partial charge is 0.329 e. The molecule has 4 rings (SSSR count). The second-order valence-corrected chi connectivity index (χ2v) is 8.15. The largest absolute Gasteiger partial charge is 0.422 e. The van der Waals surface area contributed by atoms with E-state index in [2.05, 4.69) is 0 Å². The number of cyclic esters (lactones) is 2. The Morgan fingerprint density at radius 3 is 2.43 bits per heavy atom. The molecular weight excluding hydrogens is 368 g/mol. The highest BCUT2D eigenvalue weighted by atomic mass is 16.7. The fourth-order valence-electron chi connectivity index (χ4n) is 4.67. The van der Waals surface area contributed by atoms with E-state index in [0.29, 0.717) is 12.1 Å². The van der Waals surface area contributed by atoms with Gasteiger partial charge in [-0.15, -0.1) is 0 Å². The van der Waals surface area contributed by atoms with E-state index in [4.69, 9.17) is 14.2 Å². The summed E-state index contributed by atoms with van der Waals surface area (Å²) in [5, 5.41) is 11.2. The van der Waals surface area contributed by atoms with Gasteiger partial charge in [0.1, 0.15) is 0 Å². The van der Waals surface area contributed by atoms with Gasteiger partial charge in [-0.3, -0.25) is 19.7 Å². The summed E-state index contributed by atoms with van der Waals surface area (Å²) in [6, 6.07) is 3.88. The molecule has 3 aliphatic rings. The zero-order valence-corrected chi connectivity index (χ0v) is 16.1. The van der Waals surface area contributed by atoms with Crippen LogP contribution in [-0.2, 0) is 30.2 Å². The van der Waals surface area contributed by atoms with Crippen LogP contribution in [0.1, 0.15) is 33.3 Å². The highest BCUT2D eigenvalue weighted by Gasteiger charge is 2.66. The maximum Gasteiger partial charge on any atom is 0.329 e. The third-order valence-electron chi connectivity index (χ3n) is 5.64. The Balaban J connectivity index is 1.90. The van der Waals surface area contributed by atoms with E-state index >= 15 is 0 Å². The van der Waals surface area contributed by atoms with Crippen LogP contribution in [0.4, 0.5) is 11.4 Å². The normalized spacial score (nSPS) is 30.1. The van der Waals surface area contributed by atoms with E-state index in [9.17, 15) is 19.7 Å². The summed E-state index contributed by atoms with van der Waals surface area (Å²) in [7, 11) is 0. The number of hydrogen-bond acceptors (Lipinski definition) is 8. The number of morpholine rings is 1. The molecule has 3 heterocycles. The van der Waals surface area contributed by atoms with Crippen LogP contribution in [0.2, 0.25) is 0 Å². The molecule has 9 heteroatoms. The minimum Gasteiger partial charge on any atom is -0.422 e. The van der Waals surface area contributed by atoms with E-state index in [1.165, 1.54) is 26.0 Å². The first-order chi connectivity index (χ1) is 13.0. The summed E-state index contributed by atoms with van der Waals surface area (Å²) in [5.41, 5.74) is -0.439. The van der Waals surface area contributed by atoms with E-state index < -0.39 is 40.2 Å². The summed E-state index contributed by atoms with van der Waals surface area (Å²) in [5.74, 6) is -2.74. The summed E-state index contributed by atoms with van der Waals surface area (Å²) in [4.78, 5) is 39.0. The van der Waals surface area contributed by atoms with Gasteiger partial charge in [-0.1, -0.05) is 0 Å². The molecule has 1 aromatic rings. The second-order valence-electron chi connectivity index (χ2n) is 8.15. The molecule has 0 aliphatic carbocycles. The number of hydrogen-bond donors (Lipinski definition) is 0. The predicted octanol–water partition coefficient (Wildman–Crippen LogP) is 1.96. The van der Waals surface area contributed by atoms with Crippen molar-refractivity contribution in [1.29, 1.82) is 0 Å². The third-order valence-corrected chi connectivity index (χ3v) is 5.64. The van der Waals surface area contributed by atoms with Crippen LogP contribution >= 0.6 is 0 Å². The van der Waals surface area contributed by atoms with Crippen LogP contribution in [0.5, 0.6) is 0 Å². The Hall–Kier alpha value is -2.68. The molecule has 3 aliphatic heterocycles. The number of fused-ring (bicyclic) bond motifs is 4. The lowest BCUT2D eigenvalue weighted by molar-refractivity contribution is -0.384. The average molecular weight is 390 g/mol. The molecular formula is C19H22N2O7. The maximum absolute atomic E-state index is 13.2. The number of benzene rings is 1. The molecule has 0 radical (unpaired) electrons. The number of esters is 2. The Morgan fingerprint density at radius 1 is 1.18 bits per heavy atom. The van der Waals surface area contributed by atoms with Crippen LogP contribution in [0.3, 0.4) is 0 Å². The average Bonchev–Trinajstić information content (AvgIpc) is 2.57. The van der Waals surface area contributed by atoms with Crippen molar-refractivity contribution < 1.29 is 28.7 Å². The number of carbonyl (C=O) groups is 2. The van der Waals surface area contributed by atoms with Crippen molar-refractivity contribution in [2.75, 3.05) is 11.4 Å². The Kier molecular flexibility index (Phi) is 3.94. The van der Waals surface area contributed by atoms with Crippen LogP contribution in [0.15, 0.2) is 18.2 Å². The Morgan fingerprint density at radius 2 is 1.82 bits per heavy atom. The lowest BCUT2D eigenvalue weighted by atomic mass is 9.68. The third kappa shape index (κ3) is 2.56. The van der Waals surface area contributed by atoms with Gasteiger partial charge < -0.3 is 19.1 Å². The number of non-ortho nitro benzene ring substituents is 1. The highest BCUT2D eigenvalue weighted by Crippen LogP contribution is 2.50. The fourth-order valence-corrected chi connectivity index (χ4v) is 4.67. The summed E-state index contributed by atoms with van der Waals surface area (Å²) < 4.78 is 16.9. The molecule has 0 unspecified atom stereocenters. The van der Waals surface area contributed by atoms with E-state index in [1.54, 1.807) is 6.07 Å². The lowest BCUT2D eigenvalue weighted by Crippen LogP contribution is -2.71. The number of carbonyl (C=O) groups excluding carboxylic acids is 2. The highest BCUT2D eigenvalue weighted by molar-refractivity contribution is 6.04. The molecule has 3 atom stereocenters. The van der Waals surface area contributed by atoms with Crippen molar-refractivity contribution in [2.24, 2.45) is 5.41 Å². The molecule has 0 aromatic heterocycles. The van der Waals surface area contributed by atoms with Crippen molar-refractivity contribution in [2.45, 2.75) is 58.2 Å². The van der Waals surface area contributed by atoms with Crippen molar-refractivity contribution in [3.8, 4) is 0 Å². The van der Waals surface area contributed by atoms with Crippen molar-refractivity contribution in [3.63, 3.8) is 0 Å². The number of ether oxygens (including phenoxy) is 3.